The number of nitrogens with two attached hydrogens (primary N) is 1. The summed E-state index contributed by atoms with van der Waals surface area (Å²) < 4.78 is 5.27. The Morgan fingerprint density at radius 1 is 1.56 bits per heavy atom. The number of ether oxygens (including phenoxy) is 1. The molecule has 0 bridgehead atoms. The predicted molar refractivity (Wildman–Crippen MR) is 68.5 cm³/mol. The van der Waals surface area contributed by atoms with Gasteiger partial charge in [0.05, 0.1) is 6.61 Å². The molecular weight excluding hydrogens is 232 g/mol. The molecule has 0 fully saturated rings. The van der Waals surface area contributed by atoms with E-state index >= 15 is 0 Å². The van der Waals surface area contributed by atoms with Gasteiger partial charge in [0.1, 0.15) is 5.54 Å². The molecule has 2 amide bonds. The standard InChI is InChI=1S/C13H22N2O3/c1-9(2)8-13(3,12(14)17)15-11(16)10-6-4-5-7-18-10/h6,9H,4-5,7-8H2,1-3H3,(H2,14,17)(H,15,16). The summed E-state index contributed by atoms with van der Waals surface area (Å²) in [4.78, 5) is 23.5. The molecule has 0 saturated heterocycles. The Kier molecular flexibility index (Phi) is 4.76. The molecule has 1 aliphatic rings. The monoisotopic (exact) mass is 254 g/mol. The molecule has 5 heteroatoms. The highest BCUT2D eigenvalue weighted by atomic mass is 16.5. The van der Waals surface area contributed by atoms with Crippen LogP contribution in [0.25, 0.3) is 0 Å². The first kappa shape index (κ1) is 14.5. The lowest BCUT2D eigenvalue weighted by molar-refractivity contribution is -0.131. The summed E-state index contributed by atoms with van der Waals surface area (Å²) in [6, 6.07) is 0. The molecule has 3 N–H and O–H groups in total. The number of carbonyl (C=O) groups is 2. The van der Waals surface area contributed by atoms with Crippen LogP contribution in [0.2, 0.25) is 0 Å². The van der Waals surface area contributed by atoms with Crippen LogP contribution in [0, 0.1) is 5.92 Å². The van der Waals surface area contributed by atoms with E-state index in [2.05, 4.69) is 5.32 Å². The van der Waals surface area contributed by atoms with Crippen LogP contribution in [0.15, 0.2) is 11.8 Å². The van der Waals surface area contributed by atoms with Crippen LogP contribution in [0.4, 0.5) is 0 Å². The average Bonchev–Trinajstić information content (AvgIpc) is 2.28. The van der Waals surface area contributed by atoms with Crippen molar-refractivity contribution in [3.05, 3.63) is 11.8 Å². The average molecular weight is 254 g/mol. The second-order valence-corrected chi connectivity index (χ2v) is 5.31. The lowest BCUT2D eigenvalue weighted by Crippen LogP contribution is -2.56. The van der Waals surface area contributed by atoms with E-state index < -0.39 is 11.4 Å². The highest BCUT2D eigenvalue weighted by molar-refractivity contribution is 5.97. The van der Waals surface area contributed by atoms with Crippen molar-refractivity contribution >= 4 is 11.8 Å². The third kappa shape index (κ3) is 3.75. The lowest BCUT2D eigenvalue weighted by Gasteiger charge is -2.29. The summed E-state index contributed by atoms with van der Waals surface area (Å²) in [7, 11) is 0. The van der Waals surface area contributed by atoms with Gasteiger partial charge in [-0.15, -0.1) is 0 Å². The Hall–Kier alpha value is -1.52. The first-order chi connectivity index (χ1) is 8.35. The van der Waals surface area contributed by atoms with Crippen LogP contribution in [0.1, 0.15) is 40.0 Å². The molecule has 0 aliphatic carbocycles. The maximum absolute atomic E-state index is 12.0. The van der Waals surface area contributed by atoms with Crippen molar-refractivity contribution in [1.29, 1.82) is 0 Å². The molecule has 0 aromatic rings. The minimum Gasteiger partial charge on any atom is -0.488 e. The minimum absolute atomic E-state index is 0.254. The molecule has 1 heterocycles. The number of allylic oxidation sites excluding steroid dienone is 1. The first-order valence-electron chi connectivity index (χ1n) is 6.30. The van der Waals surface area contributed by atoms with Gasteiger partial charge in [-0.05, 0) is 38.2 Å². The predicted octanol–water partition coefficient (Wildman–Crippen LogP) is 1.09. The Bertz CT molecular complexity index is 363. The van der Waals surface area contributed by atoms with E-state index in [1.54, 1.807) is 13.0 Å². The van der Waals surface area contributed by atoms with Gasteiger partial charge < -0.3 is 15.8 Å². The Morgan fingerprint density at radius 2 is 2.22 bits per heavy atom. The van der Waals surface area contributed by atoms with Crippen molar-refractivity contribution in [2.75, 3.05) is 6.61 Å². The van der Waals surface area contributed by atoms with Crippen LogP contribution in [0.3, 0.4) is 0 Å². The van der Waals surface area contributed by atoms with Crippen molar-refractivity contribution in [2.24, 2.45) is 11.7 Å². The molecule has 102 valence electrons. The second-order valence-electron chi connectivity index (χ2n) is 5.31. The summed E-state index contributed by atoms with van der Waals surface area (Å²) in [6.45, 7) is 6.14. The summed E-state index contributed by atoms with van der Waals surface area (Å²) in [6.07, 6.45) is 3.98. The molecule has 1 aliphatic heterocycles. The third-order valence-corrected chi connectivity index (χ3v) is 2.91. The third-order valence-electron chi connectivity index (χ3n) is 2.91. The Morgan fingerprint density at radius 3 is 2.67 bits per heavy atom. The number of hydrogen-bond acceptors (Lipinski definition) is 3. The Labute approximate surface area is 108 Å². The van der Waals surface area contributed by atoms with Gasteiger partial charge >= 0.3 is 0 Å². The summed E-state index contributed by atoms with van der Waals surface area (Å²) in [5, 5.41) is 2.69. The highest BCUT2D eigenvalue weighted by Gasteiger charge is 2.34. The molecule has 1 rings (SSSR count). The zero-order chi connectivity index (χ0) is 13.8. The largest absolute Gasteiger partial charge is 0.488 e. The number of carbonyl (C=O) groups excluding carboxylic acids is 2. The van der Waals surface area contributed by atoms with Crippen LogP contribution in [-0.2, 0) is 14.3 Å². The number of primary amides is 1. The van der Waals surface area contributed by atoms with Crippen molar-refractivity contribution in [1.82, 2.24) is 5.32 Å². The van der Waals surface area contributed by atoms with Gasteiger partial charge in [-0.2, -0.15) is 0 Å². The maximum atomic E-state index is 12.0. The number of amides is 2. The van der Waals surface area contributed by atoms with E-state index in [1.807, 2.05) is 13.8 Å². The van der Waals surface area contributed by atoms with Gasteiger partial charge in [0, 0.05) is 0 Å². The van der Waals surface area contributed by atoms with E-state index in [0.29, 0.717) is 13.0 Å². The molecule has 0 aromatic carbocycles. The van der Waals surface area contributed by atoms with E-state index in [4.69, 9.17) is 10.5 Å². The molecule has 0 radical (unpaired) electrons. The SMILES string of the molecule is CC(C)CC(C)(NC(=O)C1=CCCCO1)C(N)=O. The van der Waals surface area contributed by atoms with Gasteiger partial charge in [0.25, 0.3) is 5.91 Å². The van der Waals surface area contributed by atoms with Gasteiger partial charge in [0.15, 0.2) is 5.76 Å². The van der Waals surface area contributed by atoms with Crippen molar-refractivity contribution in [2.45, 2.75) is 45.6 Å². The molecule has 0 spiro atoms. The van der Waals surface area contributed by atoms with E-state index in [0.717, 1.165) is 12.8 Å². The van der Waals surface area contributed by atoms with E-state index in [-0.39, 0.29) is 17.6 Å². The molecule has 0 aromatic heterocycles. The van der Waals surface area contributed by atoms with Gasteiger partial charge in [0.2, 0.25) is 5.91 Å². The lowest BCUT2D eigenvalue weighted by atomic mass is 9.90. The first-order valence-corrected chi connectivity index (χ1v) is 6.30. The van der Waals surface area contributed by atoms with Crippen LogP contribution in [0.5, 0.6) is 0 Å². The summed E-state index contributed by atoms with van der Waals surface area (Å²) in [5.41, 5.74) is 4.35. The van der Waals surface area contributed by atoms with Crippen molar-refractivity contribution in [3.63, 3.8) is 0 Å². The smallest absolute Gasteiger partial charge is 0.286 e. The fraction of sp³-hybridized carbons (Fsp3) is 0.692. The molecule has 1 unspecified atom stereocenters. The summed E-state index contributed by atoms with van der Waals surface area (Å²) >= 11 is 0. The van der Waals surface area contributed by atoms with Gasteiger partial charge in [-0.1, -0.05) is 13.8 Å². The van der Waals surface area contributed by atoms with Gasteiger partial charge in [-0.3, -0.25) is 9.59 Å². The number of rotatable bonds is 5. The van der Waals surface area contributed by atoms with Crippen molar-refractivity contribution < 1.29 is 14.3 Å². The van der Waals surface area contributed by atoms with E-state index in [1.165, 1.54) is 0 Å². The fourth-order valence-electron chi connectivity index (χ4n) is 2.06. The summed E-state index contributed by atoms with van der Waals surface area (Å²) in [5.74, 6) is -0.348. The second kappa shape index (κ2) is 5.89. The quantitative estimate of drug-likeness (QED) is 0.770. The number of nitrogens with one attached hydrogen (secondary N) is 1. The molecule has 0 saturated carbocycles. The van der Waals surface area contributed by atoms with Crippen LogP contribution >= 0.6 is 0 Å². The number of hydrogen-bond donors (Lipinski definition) is 2. The molecule has 5 nitrogen and oxygen atoms in total. The molecule has 1 atom stereocenters. The normalized spacial score (nSPS) is 18.6. The Balaban J connectivity index is 2.74. The zero-order valence-electron chi connectivity index (χ0n) is 11.3. The topological polar surface area (TPSA) is 81.4 Å². The van der Waals surface area contributed by atoms with Crippen LogP contribution < -0.4 is 11.1 Å². The van der Waals surface area contributed by atoms with Crippen molar-refractivity contribution in [3.8, 4) is 0 Å². The maximum Gasteiger partial charge on any atom is 0.286 e. The molecule has 18 heavy (non-hydrogen) atoms. The minimum atomic E-state index is -1.03. The molecular formula is C13H22N2O3. The fourth-order valence-corrected chi connectivity index (χ4v) is 2.06. The van der Waals surface area contributed by atoms with Crippen LogP contribution in [-0.4, -0.2) is 24.0 Å². The zero-order valence-corrected chi connectivity index (χ0v) is 11.3. The van der Waals surface area contributed by atoms with E-state index in [9.17, 15) is 9.59 Å². The van der Waals surface area contributed by atoms with Gasteiger partial charge in [-0.25, -0.2) is 0 Å². The highest BCUT2D eigenvalue weighted by Crippen LogP contribution is 2.18.